The quantitative estimate of drug-likeness (QED) is 0.915. The van der Waals surface area contributed by atoms with Gasteiger partial charge in [-0.05, 0) is 43.9 Å². The van der Waals surface area contributed by atoms with E-state index in [0.29, 0.717) is 24.8 Å². The number of sulfonamides is 1. The first-order chi connectivity index (χ1) is 10.2. The zero-order valence-corrected chi connectivity index (χ0v) is 13.6. The molecule has 1 saturated heterocycles. The highest BCUT2D eigenvalue weighted by atomic mass is 32.2. The zero-order valence-electron chi connectivity index (χ0n) is 12.8. The van der Waals surface area contributed by atoms with Crippen molar-refractivity contribution in [2.75, 3.05) is 13.1 Å². The Balaban J connectivity index is 2.27. The highest BCUT2D eigenvalue weighted by molar-refractivity contribution is 7.89. The summed E-state index contributed by atoms with van der Waals surface area (Å²) in [6.07, 6.45) is 1.38. The van der Waals surface area contributed by atoms with Gasteiger partial charge in [0.2, 0.25) is 15.9 Å². The molecular formula is C15H21FN2O3S. The molecule has 0 radical (unpaired) electrons. The summed E-state index contributed by atoms with van der Waals surface area (Å²) >= 11 is 0. The molecule has 7 heteroatoms. The monoisotopic (exact) mass is 328 g/mol. The molecule has 1 aliphatic rings. The minimum Gasteiger partial charge on any atom is -0.369 e. The van der Waals surface area contributed by atoms with E-state index in [1.165, 1.54) is 16.4 Å². The summed E-state index contributed by atoms with van der Waals surface area (Å²) < 4.78 is 40.0. The molecule has 0 bridgehead atoms. The van der Waals surface area contributed by atoms with Crippen LogP contribution in [0.25, 0.3) is 0 Å². The highest BCUT2D eigenvalue weighted by Crippen LogP contribution is 2.36. The molecule has 122 valence electrons. The molecule has 1 aromatic rings. The normalized spacial score (nSPS) is 19.0. The van der Waals surface area contributed by atoms with Crippen LogP contribution in [-0.2, 0) is 14.8 Å². The second-order valence-electron chi connectivity index (χ2n) is 5.81. The van der Waals surface area contributed by atoms with E-state index >= 15 is 0 Å². The van der Waals surface area contributed by atoms with E-state index in [1.54, 1.807) is 6.92 Å². The van der Waals surface area contributed by atoms with Crippen molar-refractivity contribution in [3.63, 3.8) is 0 Å². The Morgan fingerprint density at radius 3 is 2.45 bits per heavy atom. The summed E-state index contributed by atoms with van der Waals surface area (Å²) in [6.45, 7) is 3.95. The lowest BCUT2D eigenvalue weighted by Crippen LogP contribution is -2.48. The smallest absolute Gasteiger partial charge is 0.243 e. The molecule has 0 spiro atoms. The first kappa shape index (κ1) is 16.9. The maximum absolute atomic E-state index is 13.4. The summed E-state index contributed by atoms with van der Waals surface area (Å²) in [5, 5.41) is 0. The fraction of sp³-hybridized carbons (Fsp3) is 0.533. The number of carbonyl (C=O) groups excluding carboxylic acids is 1. The third kappa shape index (κ3) is 2.87. The van der Waals surface area contributed by atoms with Gasteiger partial charge in [-0.15, -0.1) is 0 Å². The first-order valence-corrected chi connectivity index (χ1v) is 8.73. The Morgan fingerprint density at radius 1 is 1.36 bits per heavy atom. The van der Waals surface area contributed by atoms with E-state index in [-0.39, 0.29) is 23.9 Å². The molecule has 5 nitrogen and oxygen atoms in total. The van der Waals surface area contributed by atoms with Gasteiger partial charge < -0.3 is 5.73 Å². The third-order valence-corrected chi connectivity index (χ3v) is 6.69. The molecule has 22 heavy (non-hydrogen) atoms. The van der Waals surface area contributed by atoms with Crippen molar-refractivity contribution < 1.29 is 17.6 Å². The number of hydrogen-bond donors (Lipinski definition) is 1. The predicted molar refractivity (Wildman–Crippen MR) is 81.0 cm³/mol. The topological polar surface area (TPSA) is 80.5 Å². The van der Waals surface area contributed by atoms with Gasteiger partial charge in [0.15, 0.2) is 0 Å². The largest absolute Gasteiger partial charge is 0.369 e. The van der Waals surface area contributed by atoms with E-state index in [0.717, 1.165) is 6.07 Å². The lowest BCUT2D eigenvalue weighted by Gasteiger charge is -2.38. The highest BCUT2D eigenvalue weighted by Gasteiger charge is 2.41. The van der Waals surface area contributed by atoms with Gasteiger partial charge in [-0.3, -0.25) is 4.79 Å². The van der Waals surface area contributed by atoms with E-state index in [1.807, 2.05) is 6.92 Å². The number of nitrogens with zero attached hydrogens (tertiary/aromatic N) is 1. The van der Waals surface area contributed by atoms with E-state index < -0.39 is 21.3 Å². The van der Waals surface area contributed by atoms with Crippen LogP contribution < -0.4 is 5.73 Å². The lowest BCUT2D eigenvalue weighted by atomic mass is 9.76. The zero-order chi connectivity index (χ0) is 16.5. The Kier molecular flexibility index (Phi) is 4.58. The molecule has 0 aromatic heterocycles. The van der Waals surface area contributed by atoms with Gasteiger partial charge in [0.05, 0.1) is 10.3 Å². The standard InChI is InChI=1S/C15H21FN2O3S/c1-3-15(14(17)19)6-8-18(9-7-15)22(20,21)13-10-12(16)5-4-11(13)2/h4-5,10H,3,6-9H2,1-2H3,(H2,17,19). The van der Waals surface area contributed by atoms with Crippen LogP contribution in [0.1, 0.15) is 31.7 Å². The van der Waals surface area contributed by atoms with Gasteiger partial charge in [0, 0.05) is 13.1 Å². The fourth-order valence-electron chi connectivity index (χ4n) is 2.92. The van der Waals surface area contributed by atoms with Crippen molar-refractivity contribution in [2.45, 2.75) is 38.0 Å². The Bertz CT molecular complexity index is 680. The number of benzene rings is 1. The second-order valence-corrected chi connectivity index (χ2v) is 7.72. The Labute approximate surface area is 130 Å². The van der Waals surface area contributed by atoms with Gasteiger partial charge in [-0.25, -0.2) is 12.8 Å². The van der Waals surface area contributed by atoms with Gasteiger partial charge in [-0.2, -0.15) is 4.31 Å². The van der Waals surface area contributed by atoms with E-state index in [4.69, 9.17) is 5.73 Å². The van der Waals surface area contributed by atoms with Crippen molar-refractivity contribution >= 4 is 15.9 Å². The SMILES string of the molecule is CCC1(C(N)=O)CCN(S(=O)(=O)c2cc(F)ccc2C)CC1. The molecule has 2 N–H and O–H groups in total. The minimum atomic E-state index is -3.76. The molecule has 0 unspecified atom stereocenters. The van der Waals surface area contributed by atoms with Gasteiger partial charge in [0.1, 0.15) is 5.82 Å². The minimum absolute atomic E-state index is 0.0180. The average molecular weight is 328 g/mol. The number of amides is 1. The maximum atomic E-state index is 13.4. The van der Waals surface area contributed by atoms with Crippen LogP contribution in [0.15, 0.2) is 23.1 Å². The van der Waals surface area contributed by atoms with Crippen molar-refractivity contribution in [3.8, 4) is 0 Å². The molecule has 1 heterocycles. The van der Waals surface area contributed by atoms with E-state index in [9.17, 15) is 17.6 Å². The van der Waals surface area contributed by atoms with Gasteiger partial charge >= 0.3 is 0 Å². The fourth-order valence-corrected chi connectivity index (χ4v) is 4.60. The molecule has 1 amide bonds. The molecule has 1 aromatic carbocycles. The second kappa shape index (κ2) is 5.96. The maximum Gasteiger partial charge on any atom is 0.243 e. The van der Waals surface area contributed by atoms with Crippen LogP contribution in [0.4, 0.5) is 4.39 Å². The summed E-state index contributed by atoms with van der Waals surface area (Å²) in [6, 6.07) is 3.73. The third-order valence-electron chi connectivity index (χ3n) is 4.65. The van der Waals surface area contributed by atoms with E-state index in [2.05, 4.69) is 0 Å². The van der Waals surface area contributed by atoms with Crippen LogP contribution in [0.2, 0.25) is 0 Å². The van der Waals surface area contributed by atoms with Crippen LogP contribution in [-0.4, -0.2) is 31.7 Å². The summed E-state index contributed by atoms with van der Waals surface area (Å²) in [5.74, 6) is -0.963. The average Bonchev–Trinajstić information content (AvgIpc) is 2.49. The molecule has 2 rings (SSSR count). The number of halogens is 1. The first-order valence-electron chi connectivity index (χ1n) is 7.29. The Hall–Kier alpha value is -1.47. The van der Waals surface area contributed by atoms with Crippen LogP contribution in [0.5, 0.6) is 0 Å². The molecule has 1 fully saturated rings. The van der Waals surface area contributed by atoms with Crippen LogP contribution in [0.3, 0.4) is 0 Å². The summed E-state index contributed by atoms with van der Waals surface area (Å²) in [7, 11) is -3.76. The van der Waals surface area contributed by atoms with Crippen molar-refractivity contribution in [1.29, 1.82) is 0 Å². The number of nitrogens with two attached hydrogens (primary N) is 1. The van der Waals surface area contributed by atoms with Gasteiger partial charge in [0.25, 0.3) is 0 Å². The summed E-state index contributed by atoms with van der Waals surface area (Å²) in [5.41, 5.74) is 5.33. The number of rotatable bonds is 4. The number of aryl methyl sites for hydroxylation is 1. The lowest BCUT2D eigenvalue weighted by molar-refractivity contribution is -0.130. The molecule has 1 aliphatic heterocycles. The van der Waals surface area contributed by atoms with Gasteiger partial charge in [-0.1, -0.05) is 13.0 Å². The van der Waals surface area contributed by atoms with Crippen LogP contribution in [0, 0.1) is 18.2 Å². The van der Waals surface area contributed by atoms with Crippen LogP contribution >= 0.6 is 0 Å². The number of hydrogen-bond acceptors (Lipinski definition) is 3. The number of primary amides is 1. The van der Waals surface area contributed by atoms with Crippen molar-refractivity contribution in [2.24, 2.45) is 11.1 Å². The Morgan fingerprint density at radius 2 is 1.95 bits per heavy atom. The molecule has 0 saturated carbocycles. The summed E-state index contributed by atoms with van der Waals surface area (Å²) in [4.78, 5) is 11.6. The van der Waals surface area contributed by atoms with Crippen molar-refractivity contribution in [3.05, 3.63) is 29.6 Å². The molecule has 0 atom stereocenters. The predicted octanol–water partition coefficient (Wildman–Crippen LogP) is 1.80. The molecule has 0 aliphatic carbocycles. The number of piperidine rings is 1. The number of carbonyl (C=O) groups is 1. The molecular weight excluding hydrogens is 307 g/mol. The van der Waals surface area contributed by atoms with Crippen molar-refractivity contribution in [1.82, 2.24) is 4.31 Å².